The molecule has 2 N–H and O–H groups in total. The van der Waals surface area contributed by atoms with Gasteiger partial charge in [0.25, 0.3) is 0 Å². The highest BCUT2D eigenvalue weighted by atomic mass is 16.5. The van der Waals surface area contributed by atoms with Gasteiger partial charge in [-0.15, -0.1) is 0 Å². The quantitative estimate of drug-likeness (QED) is 0.261. The molecule has 38 heavy (non-hydrogen) atoms. The number of ether oxygens (including phenoxy) is 1. The third-order valence-corrected chi connectivity index (χ3v) is 6.36. The molecule has 5 rings (SSSR count). The number of fused-ring (bicyclic) bond motifs is 1. The van der Waals surface area contributed by atoms with Crippen molar-refractivity contribution in [1.82, 2.24) is 19.3 Å². The number of aromatic nitrogens is 4. The molecule has 2 amide bonds. The van der Waals surface area contributed by atoms with Gasteiger partial charge in [-0.2, -0.15) is 5.10 Å². The Bertz CT molecular complexity index is 1560. The van der Waals surface area contributed by atoms with E-state index in [0.29, 0.717) is 24.7 Å². The van der Waals surface area contributed by atoms with E-state index >= 15 is 0 Å². The molecule has 5 aromatic rings. The van der Waals surface area contributed by atoms with Gasteiger partial charge >= 0.3 is 6.03 Å². The van der Waals surface area contributed by atoms with Crippen molar-refractivity contribution in [2.24, 2.45) is 0 Å². The molecule has 0 bridgehead atoms. The molecule has 0 fully saturated rings. The number of amides is 2. The minimum Gasteiger partial charge on any atom is -0.491 e. The number of nitrogens with one attached hydrogen (secondary N) is 2. The fraction of sp³-hybridized carbons (Fsp3) is 0.233. The van der Waals surface area contributed by atoms with Gasteiger partial charge in [-0.1, -0.05) is 63.2 Å². The predicted octanol–water partition coefficient (Wildman–Crippen LogP) is 6.55. The van der Waals surface area contributed by atoms with Gasteiger partial charge in [-0.05, 0) is 30.7 Å². The van der Waals surface area contributed by atoms with Gasteiger partial charge in [0.15, 0.2) is 0 Å². The largest absolute Gasteiger partial charge is 0.491 e. The topological polar surface area (TPSA) is 86.0 Å². The van der Waals surface area contributed by atoms with Crippen molar-refractivity contribution in [2.75, 3.05) is 17.2 Å². The second-order valence-electron chi connectivity index (χ2n) is 10.2. The van der Waals surface area contributed by atoms with Crippen LogP contribution in [0.4, 0.5) is 16.3 Å². The molecule has 0 aliphatic rings. The zero-order chi connectivity index (χ0) is 26.7. The minimum absolute atomic E-state index is 0.176. The van der Waals surface area contributed by atoms with Gasteiger partial charge in [0, 0.05) is 34.6 Å². The van der Waals surface area contributed by atoms with Crippen molar-refractivity contribution in [2.45, 2.75) is 39.7 Å². The van der Waals surface area contributed by atoms with Crippen LogP contribution in [0.25, 0.3) is 16.5 Å². The summed E-state index contributed by atoms with van der Waals surface area (Å²) in [6, 6.07) is 21.2. The molecule has 2 heterocycles. The van der Waals surface area contributed by atoms with Crippen LogP contribution in [0.15, 0.2) is 85.5 Å². The average Bonchev–Trinajstić information content (AvgIpc) is 3.56. The minimum atomic E-state index is -0.348. The first kappa shape index (κ1) is 25.1. The number of aryl methyl sites for hydroxylation is 1. The molecule has 0 radical (unpaired) electrons. The van der Waals surface area contributed by atoms with Crippen LogP contribution in [-0.2, 0) is 12.0 Å². The number of carbonyl (C=O) groups is 1. The van der Waals surface area contributed by atoms with Crippen molar-refractivity contribution < 1.29 is 9.53 Å². The van der Waals surface area contributed by atoms with Gasteiger partial charge in [-0.3, -0.25) is 5.32 Å². The summed E-state index contributed by atoms with van der Waals surface area (Å²) in [5, 5.41) is 12.7. The maximum atomic E-state index is 13.2. The van der Waals surface area contributed by atoms with Crippen molar-refractivity contribution in [3.63, 3.8) is 0 Å². The molecular formula is C30H32N6O2. The molecule has 0 atom stereocenters. The lowest BCUT2D eigenvalue weighted by Crippen LogP contribution is -2.21. The van der Waals surface area contributed by atoms with Crippen LogP contribution >= 0.6 is 0 Å². The van der Waals surface area contributed by atoms with Crippen molar-refractivity contribution in [3.8, 4) is 11.4 Å². The fourth-order valence-electron chi connectivity index (χ4n) is 4.28. The van der Waals surface area contributed by atoms with E-state index in [9.17, 15) is 4.79 Å². The van der Waals surface area contributed by atoms with Gasteiger partial charge in [0.2, 0.25) is 0 Å². The number of imidazole rings is 1. The summed E-state index contributed by atoms with van der Waals surface area (Å²) in [4.78, 5) is 17.3. The monoisotopic (exact) mass is 508 g/mol. The van der Waals surface area contributed by atoms with Crippen LogP contribution in [-0.4, -0.2) is 32.0 Å². The zero-order valence-corrected chi connectivity index (χ0v) is 22.1. The molecule has 0 saturated heterocycles. The van der Waals surface area contributed by atoms with Gasteiger partial charge < -0.3 is 14.6 Å². The Morgan fingerprint density at radius 1 is 0.974 bits per heavy atom. The third-order valence-electron chi connectivity index (χ3n) is 6.36. The first-order valence-corrected chi connectivity index (χ1v) is 12.6. The van der Waals surface area contributed by atoms with E-state index < -0.39 is 0 Å². The van der Waals surface area contributed by atoms with E-state index in [1.54, 1.807) is 17.2 Å². The summed E-state index contributed by atoms with van der Waals surface area (Å²) < 4.78 is 9.83. The number of para-hydroxylation sites is 1. The van der Waals surface area contributed by atoms with Gasteiger partial charge in [-0.25, -0.2) is 14.5 Å². The molecule has 8 heteroatoms. The fourth-order valence-corrected chi connectivity index (χ4v) is 4.28. The maximum Gasteiger partial charge on any atom is 0.324 e. The van der Waals surface area contributed by atoms with Crippen LogP contribution in [0, 0.1) is 6.92 Å². The standard InChI is InChI=1S/C30H32N6O2/c1-21-9-5-8-12-25(21)36-28(19-27(34-36)30(2,3)4)33-29(37)32-24-13-14-26(23-11-7-6-10-22(23)24)38-18-17-35-16-15-31-20-35/h5-16,19-20H,17-18H2,1-4H3,(H2,32,33,37). The Hall–Kier alpha value is -4.59. The molecule has 0 aliphatic heterocycles. The zero-order valence-electron chi connectivity index (χ0n) is 22.1. The van der Waals surface area contributed by atoms with Crippen molar-refractivity contribution in [1.29, 1.82) is 0 Å². The number of rotatable bonds is 7. The lowest BCUT2D eigenvalue weighted by atomic mass is 9.92. The van der Waals surface area contributed by atoms with Crippen LogP contribution < -0.4 is 15.4 Å². The second kappa shape index (κ2) is 10.4. The SMILES string of the molecule is Cc1ccccc1-n1nc(C(C)(C)C)cc1NC(=O)Nc1ccc(OCCn2ccnc2)c2ccccc12. The maximum absolute atomic E-state index is 13.2. The lowest BCUT2D eigenvalue weighted by molar-refractivity contribution is 0.262. The number of benzene rings is 3. The molecule has 0 spiro atoms. The highest BCUT2D eigenvalue weighted by Crippen LogP contribution is 2.32. The summed E-state index contributed by atoms with van der Waals surface area (Å²) in [6.07, 6.45) is 5.42. The first-order valence-electron chi connectivity index (χ1n) is 12.6. The average molecular weight is 509 g/mol. The van der Waals surface area contributed by atoms with E-state index in [1.165, 1.54) is 0 Å². The van der Waals surface area contributed by atoms with E-state index in [4.69, 9.17) is 9.84 Å². The number of carbonyl (C=O) groups excluding carboxylic acids is 1. The molecule has 0 unspecified atom stereocenters. The third kappa shape index (κ3) is 5.39. The molecule has 194 valence electrons. The van der Waals surface area contributed by atoms with E-state index in [2.05, 4.69) is 36.4 Å². The number of hydrogen-bond acceptors (Lipinski definition) is 4. The van der Waals surface area contributed by atoms with E-state index in [0.717, 1.165) is 33.5 Å². The van der Waals surface area contributed by atoms with Gasteiger partial charge in [0.05, 0.1) is 29.9 Å². The number of hydrogen-bond donors (Lipinski definition) is 2. The summed E-state index contributed by atoms with van der Waals surface area (Å²) >= 11 is 0. The van der Waals surface area contributed by atoms with Crippen LogP contribution in [0.3, 0.4) is 0 Å². The smallest absolute Gasteiger partial charge is 0.324 e. The van der Waals surface area contributed by atoms with Crippen molar-refractivity contribution >= 4 is 28.3 Å². The van der Waals surface area contributed by atoms with Crippen molar-refractivity contribution in [3.05, 3.63) is 96.7 Å². The number of anilines is 2. The van der Waals surface area contributed by atoms with Crippen LogP contribution in [0.5, 0.6) is 5.75 Å². The second-order valence-corrected chi connectivity index (χ2v) is 10.2. The molecule has 0 saturated carbocycles. The predicted molar refractivity (Wildman–Crippen MR) is 151 cm³/mol. The highest BCUT2D eigenvalue weighted by Gasteiger charge is 2.22. The summed E-state index contributed by atoms with van der Waals surface area (Å²) in [7, 11) is 0. The molecule has 0 aliphatic carbocycles. The Morgan fingerprint density at radius 2 is 1.74 bits per heavy atom. The first-order chi connectivity index (χ1) is 18.3. The Kier molecular flexibility index (Phi) is 6.87. The van der Waals surface area contributed by atoms with E-state index in [1.807, 2.05) is 84.4 Å². The van der Waals surface area contributed by atoms with Crippen LogP contribution in [0.1, 0.15) is 32.0 Å². The summed E-state index contributed by atoms with van der Waals surface area (Å²) in [5.74, 6) is 1.37. The molecule has 2 aromatic heterocycles. The number of nitrogens with zero attached hydrogens (tertiary/aromatic N) is 4. The molecule has 3 aromatic carbocycles. The van der Waals surface area contributed by atoms with Gasteiger partial charge in [0.1, 0.15) is 18.2 Å². The Labute approximate surface area is 222 Å². The Morgan fingerprint density at radius 3 is 2.47 bits per heavy atom. The molecular weight excluding hydrogens is 476 g/mol. The lowest BCUT2D eigenvalue weighted by Gasteiger charge is -2.15. The summed E-state index contributed by atoms with van der Waals surface area (Å²) in [6.45, 7) is 9.54. The van der Waals surface area contributed by atoms with Crippen LogP contribution in [0.2, 0.25) is 0 Å². The number of urea groups is 1. The Balaban J connectivity index is 1.38. The summed E-state index contributed by atoms with van der Waals surface area (Å²) in [5.41, 5.74) is 3.39. The van der Waals surface area contributed by atoms with E-state index in [-0.39, 0.29) is 11.4 Å². The molecule has 8 nitrogen and oxygen atoms in total. The normalized spacial score (nSPS) is 11.5. The highest BCUT2D eigenvalue weighted by molar-refractivity contribution is 6.07.